The van der Waals surface area contributed by atoms with E-state index in [1.165, 1.54) is 12.1 Å². The molecule has 0 radical (unpaired) electrons. The smallest absolute Gasteiger partial charge is 0.261 e. The van der Waals surface area contributed by atoms with Crippen LogP contribution in [0.4, 0.5) is 11.6 Å². The highest BCUT2D eigenvalue weighted by molar-refractivity contribution is 7.92. The maximum absolute atomic E-state index is 12.7. The number of nitrogens with two attached hydrogens (primary N) is 1. The standard InChI is InChI=1S/C27H28ClN5O2S/c1-17-13-23(33-36(34,35)24-4-2-3-20(28)15-24)10-11-25(17)18-5-12-26-19(14-18)16-30-27(32-26)31-22-8-6-21(29)7-9-22/h2-5,10-16,21-22,33H,6-9,29H2,1H3,(H,30,31,32)/t21-,22-. The van der Waals surface area contributed by atoms with Gasteiger partial charge < -0.3 is 11.1 Å². The Morgan fingerprint density at radius 1 is 1.00 bits per heavy atom. The molecule has 1 saturated carbocycles. The van der Waals surface area contributed by atoms with Crippen molar-refractivity contribution in [2.24, 2.45) is 5.73 Å². The number of nitrogens with zero attached hydrogens (tertiary/aromatic N) is 2. The van der Waals surface area contributed by atoms with Gasteiger partial charge in [0.2, 0.25) is 5.95 Å². The Bertz CT molecular complexity index is 1520. The summed E-state index contributed by atoms with van der Waals surface area (Å²) < 4.78 is 28.1. The van der Waals surface area contributed by atoms with E-state index in [0.717, 1.165) is 53.3 Å². The van der Waals surface area contributed by atoms with E-state index in [0.29, 0.717) is 28.7 Å². The Kier molecular flexibility index (Phi) is 6.83. The third-order valence-electron chi connectivity index (χ3n) is 6.58. The molecule has 0 atom stereocenters. The van der Waals surface area contributed by atoms with Crippen molar-refractivity contribution in [1.82, 2.24) is 9.97 Å². The number of fused-ring (bicyclic) bond motifs is 1. The second kappa shape index (κ2) is 10.0. The molecule has 9 heteroatoms. The lowest BCUT2D eigenvalue weighted by Gasteiger charge is -2.26. The van der Waals surface area contributed by atoms with Crippen LogP contribution in [0, 0.1) is 6.92 Å². The van der Waals surface area contributed by atoms with Gasteiger partial charge in [-0.15, -0.1) is 0 Å². The van der Waals surface area contributed by atoms with Crippen molar-refractivity contribution < 1.29 is 8.42 Å². The van der Waals surface area contributed by atoms with Gasteiger partial charge in [0.05, 0.1) is 10.4 Å². The summed E-state index contributed by atoms with van der Waals surface area (Å²) in [6.07, 6.45) is 5.95. The second-order valence-corrected chi connectivity index (χ2v) is 11.4. The zero-order valence-electron chi connectivity index (χ0n) is 19.9. The fourth-order valence-electron chi connectivity index (χ4n) is 4.62. The highest BCUT2D eigenvalue weighted by Gasteiger charge is 2.19. The zero-order valence-corrected chi connectivity index (χ0v) is 21.5. The molecule has 1 heterocycles. The minimum absolute atomic E-state index is 0.118. The van der Waals surface area contributed by atoms with Gasteiger partial charge in [-0.05, 0) is 91.8 Å². The summed E-state index contributed by atoms with van der Waals surface area (Å²) >= 11 is 5.96. The van der Waals surface area contributed by atoms with E-state index in [2.05, 4.69) is 21.1 Å². The molecule has 36 heavy (non-hydrogen) atoms. The molecule has 3 aromatic carbocycles. The summed E-state index contributed by atoms with van der Waals surface area (Å²) in [6.45, 7) is 1.95. The van der Waals surface area contributed by atoms with E-state index >= 15 is 0 Å². The van der Waals surface area contributed by atoms with Crippen LogP contribution >= 0.6 is 11.6 Å². The first-order valence-corrected chi connectivity index (χ1v) is 13.8. The summed E-state index contributed by atoms with van der Waals surface area (Å²) in [5.74, 6) is 0.642. The minimum Gasteiger partial charge on any atom is -0.351 e. The van der Waals surface area contributed by atoms with Crippen LogP contribution in [-0.2, 0) is 10.0 Å². The Morgan fingerprint density at radius 3 is 2.56 bits per heavy atom. The second-order valence-electron chi connectivity index (χ2n) is 9.32. The first-order chi connectivity index (χ1) is 17.3. The third kappa shape index (κ3) is 5.46. The van der Waals surface area contributed by atoms with Gasteiger partial charge in [-0.1, -0.05) is 29.8 Å². The number of nitrogens with one attached hydrogen (secondary N) is 2. The number of aromatic nitrogens is 2. The Morgan fingerprint density at radius 2 is 1.81 bits per heavy atom. The molecule has 0 spiro atoms. The van der Waals surface area contributed by atoms with Crippen LogP contribution in [0.2, 0.25) is 5.02 Å². The first kappa shape index (κ1) is 24.5. The summed E-state index contributed by atoms with van der Waals surface area (Å²) in [4.78, 5) is 9.34. The van der Waals surface area contributed by atoms with Crippen molar-refractivity contribution >= 4 is 44.2 Å². The average molecular weight is 522 g/mol. The number of benzene rings is 3. The molecule has 4 N–H and O–H groups in total. The number of halogens is 1. The van der Waals surface area contributed by atoms with Gasteiger partial charge in [0, 0.05) is 34.4 Å². The quantitative estimate of drug-likeness (QED) is 0.298. The van der Waals surface area contributed by atoms with Gasteiger partial charge in [0.15, 0.2) is 0 Å². The average Bonchev–Trinajstić information content (AvgIpc) is 2.85. The molecule has 1 fully saturated rings. The molecule has 7 nitrogen and oxygen atoms in total. The number of hydrogen-bond acceptors (Lipinski definition) is 6. The van der Waals surface area contributed by atoms with Gasteiger partial charge in [-0.2, -0.15) is 0 Å². The fourth-order valence-corrected chi connectivity index (χ4v) is 5.97. The van der Waals surface area contributed by atoms with Crippen LogP contribution < -0.4 is 15.8 Å². The van der Waals surface area contributed by atoms with Crippen molar-refractivity contribution in [3.05, 3.63) is 77.4 Å². The predicted molar refractivity (Wildman–Crippen MR) is 146 cm³/mol. The molecular weight excluding hydrogens is 494 g/mol. The largest absolute Gasteiger partial charge is 0.351 e. The molecule has 186 valence electrons. The van der Waals surface area contributed by atoms with Crippen molar-refractivity contribution in [1.29, 1.82) is 0 Å². The van der Waals surface area contributed by atoms with Crippen molar-refractivity contribution in [2.45, 2.75) is 49.6 Å². The predicted octanol–water partition coefficient (Wildman–Crippen LogP) is 5.74. The monoisotopic (exact) mass is 521 g/mol. The number of anilines is 2. The van der Waals surface area contributed by atoms with E-state index < -0.39 is 10.0 Å². The summed E-state index contributed by atoms with van der Waals surface area (Å²) in [5, 5.41) is 4.75. The lowest BCUT2D eigenvalue weighted by atomic mass is 9.92. The third-order valence-corrected chi connectivity index (χ3v) is 8.19. The van der Waals surface area contributed by atoms with Crippen LogP contribution in [0.5, 0.6) is 0 Å². The van der Waals surface area contributed by atoms with Crippen LogP contribution in [-0.4, -0.2) is 30.5 Å². The zero-order chi connectivity index (χ0) is 25.3. The van der Waals surface area contributed by atoms with E-state index in [1.54, 1.807) is 18.2 Å². The fraction of sp³-hybridized carbons (Fsp3) is 0.259. The van der Waals surface area contributed by atoms with Gasteiger partial charge in [-0.25, -0.2) is 18.4 Å². The number of rotatable bonds is 6. The SMILES string of the molecule is Cc1cc(NS(=O)(=O)c2cccc(Cl)c2)ccc1-c1ccc2nc(N[C@H]3CC[C@H](N)CC3)ncc2c1. The normalized spacial score (nSPS) is 18.2. The molecule has 4 aromatic rings. The van der Waals surface area contributed by atoms with Gasteiger partial charge >= 0.3 is 0 Å². The highest BCUT2D eigenvalue weighted by atomic mass is 35.5. The van der Waals surface area contributed by atoms with E-state index in [9.17, 15) is 8.42 Å². The van der Waals surface area contributed by atoms with Crippen LogP contribution in [0.3, 0.4) is 0 Å². The Balaban J connectivity index is 1.34. The molecule has 0 unspecified atom stereocenters. The molecule has 1 aliphatic carbocycles. The molecule has 1 aromatic heterocycles. The van der Waals surface area contributed by atoms with E-state index in [-0.39, 0.29) is 4.90 Å². The van der Waals surface area contributed by atoms with Crippen molar-refractivity contribution in [2.75, 3.05) is 10.0 Å². The van der Waals surface area contributed by atoms with E-state index in [4.69, 9.17) is 22.3 Å². The molecule has 0 aliphatic heterocycles. The molecule has 0 bridgehead atoms. The minimum atomic E-state index is -3.74. The molecular formula is C27H28ClN5O2S. The summed E-state index contributed by atoms with van der Waals surface area (Å²) in [6, 6.07) is 18.4. The van der Waals surface area contributed by atoms with Crippen LogP contribution in [0.25, 0.3) is 22.0 Å². The Hall–Kier alpha value is -3.20. The highest BCUT2D eigenvalue weighted by Crippen LogP contribution is 2.30. The van der Waals surface area contributed by atoms with Gasteiger partial charge in [0.1, 0.15) is 0 Å². The lowest BCUT2D eigenvalue weighted by Crippen LogP contribution is -2.33. The van der Waals surface area contributed by atoms with Crippen LogP contribution in [0.15, 0.2) is 71.8 Å². The number of sulfonamides is 1. The number of aryl methyl sites for hydroxylation is 1. The Labute approximate surface area is 216 Å². The van der Waals surface area contributed by atoms with Crippen molar-refractivity contribution in [3.8, 4) is 11.1 Å². The maximum Gasteiger partial charge on any atom is 0.261 e. The topological polar surface area (TPSA) is 110 Å². The van der Waals surface area contributed by atoms with Gasteiger partial charge in [0.25, 0.3) is 10.0 Å². The number of hydrogen-bond donors (Lipinski definition) is 3. The summed E-state index contributed by atoms with van der Waals surface area (Å²) in [7, 11) is -3.74. The summed E-state index contributed by atoms with van der Waals surface area (Å²) in [5.41, 5.74) is 10.3. The molecule has 5 rings (SSSR count). The molecule has 1 aliphatic rings. The van der Waals surface area contributed by atoms with Crippen LogP contribution in [0.1, 0.15) is 31.2 Å². The first-order valence-electron chi connectivity index (χ1n) is 12.0. The molecule has 0 saturated heterocycles. The maximum atomic E-state index is 12.7. The lowest BCUT2D eigenvalue weighted by molar-refractivity contribution is 0.410. The molecule has 0 amide bonds. The van der Waals surface area contributed by atoms with E-state index in [1.807, 2.05) is 37.4 Å². The van der Waals surface area contributed by atoms with Crippen molar-refractivity contribution in [3.63, 3.8) is 0 Å². The van der Waals surface area contributed by atoms with Gasteiger partial charge in [-0.3, -0.25) is 4.72 Å².